The van der Waals surface area contributed by atoms with Crippen molar-refractivity contribution < 1.29 is 9.18 Å². The number of carbonyl (C=O) groups excluding carboxylic acids is 1. The van der Waals surface area contributed by atoms with Crippen LogP contribution in [0.3, 0.4) is 0 Å². The molecule has 0 saturated carbocycles. The molecule has 19 heavy (non-hydrogen) atoms. The minimum Gasteiger partial charge on any atom is -0.326 e. The molecule has 3 rings (SSSR count). The summed E-state index contributed by atoms with van der Waals surface area (Å²) in [6, 6.07) is 4.98. The largest absolute Gasteiger partial charge is 0.326 e. The maximum atomic E-state index is 13.2. The van der Waals surface area contributed by atoms with Gasteiger partial charge in [0.2, 0.25) is 5.91 Å². The van der Waals surface area contributed by atoms with Crippen LogP contribution in [0.2, 0.25) is 5.02 Å². The lowest BCUT2D eigenvalue weighted by atomic mass is 9.97. The average Bonchev–Trinajstić information content (AvgIpc) is 2.37. The van der Waals surface area contributed by atoms with Gasteiger partial charge in [0.05, 0.1) is 11.2 Å². The van der Waals surface area contributed by atoms with Crippen molar-refractivity contribution in [2.24, 2.45) is 0 Å². The number of aryl methyl sites for hydroxylation is 1. The molecule has 5 heteroatoms. The standard InChI is InChI=1S/C14H10ClFN2O/c15-12-5-13-8(1-2-14(19)18-13)4-11(12)9-3-10(16)7-17-6-9/h3-7H,1-2H2,(H,18,19). The van der Waals surface area contributed by atoms with Gasteiger partial charge in [-0.25, -0.2) is 4.39 Å². The van der Waals surface area contributed by atoms with Crippen LogP contribution in [-0.4, -0.2) is 10.9 Å². The highest BCUT2D eigenvalue weighted by Gasteiger charge is 2.17. The molecule has 0 bridgehead atoms. The van der Waals surface area contributed by atoms with Crippen LogP contribution in [0, 0.1) is 5.82 Å². The molecule has 1 N–H and O–H groups in total. The topological polar surface area (TPSA) is 42.0 Å². The third kappa shape index (κ3) is 2.31. The van der Waals surface area contributed by atoms with Crippen LogP contribution in [0.4, 0.5) is 10.1 Å². The van der Waals surface area contributed by atoms with E-state index in [9.17, 15) is 9.18 Å². The quantitative estimate of drug-likeness (QED) is 0.867. The van der Waals surface area contributed by atoms with E-state index < -0.39 is 5.82 Å². The summed E-state index contributed by atoms with van der Waals surface area (Å²) in [6.07, 6.45) is 3.83. The molecule has 0 spiro atoms. The predicted molar refractivity (Wildman–Crippen MR) is 71.6 cm³/mol. The van der Waals surface area contributed by atoms with E-state index in [1.165, 1.54) is 6.07 Å². The first-order valence-corrected chi connectivity index (χ1v) is 6.24. The number of nitrogens with zero attached hydrogens (tertiary/aromatic N) is 1. The lowest BCUT2D eigenvalue weighted by Crippen LogP contribution is -2.18. The molecule has 0 saturated heterocycles. The van der Waals surface area contributed by atoms with Crippen LogP contribution in [0.15, 0.2) is 30.6 Å². The fourth-order valence-electron chi connectivity index (χ4n) is 2.18. The Bertz CT molecular complexity index is 672. The number of benzene rings is 1. The maximum Gasteiger partial charge on any atom is 0.224 e. The summed E-state index contributed by atoms with van der Waals surface area (Å²) in [5.41, 5.74) is 3.09. The number of rotatable bonds is 1. The summed E-state index contributed by atoms with van der Waals surface area (Å²) in [5.74, 6) is -0.414. The van der Waals surface area contributed by atoms with Gasteiger partial charge >= 0.3 is 0 Å². The first-order chi connectivity index (χ1) is 9.13. The fourth-order valence-corrected chi connectivity index (χ4v) is 2.46. The van der Waals surface area contributed by atoms with Crippen molar-refractivity contribution in [1.82, 2.24) is 4.98 Å². The van der Waals surface area contributed by atoms with E-state index in [1.54, 1.807) is 12.3 Å². The lowest BCUT2D eigenvalue weighted by molar-refractivity contribution is -0.116. The normalized spacial score (nSPS) is 13.9. The second-order valence-corrected chi connectivity index (χ2v) is 4.84. The Labute approximate surface area is 114 Å². The van der Waals surface area contributed by atoms with Gasteiger partial charge in [-0.2, -0.15) is 0 Å². The van der Waals surface area contributed by atoms with Crippen molar-refractivity contribution in [2.45, 2.75) is 12.8 Å². The van der Waals surface area contributed by atoms with E-state index in [0.717, 1.165) is 23.0 Å². The van der Waals surface area contributed by atoms with Crippen LogP contribution in [0.25, 0.3) is 11.1 Å². The van der Waals surface area contributed by atoms with Gasteiger partial charge in [-0.15, -0.1) is 0 Å². The Kier molecular flexibility index (Phi) is 2.95. The number of amides is 1. The summed E-state index contributed by atoms with van der Waals surface area (Å²) in [5, 5.41) is 3.24. The third-order valence-electron chi connectivity index (χ3n) is 3.10. The second kappa shape index (κ2) is 4.63. The molecule has 1 amide bonds. The Morgan fingerprint density at radius 2 is 2.05 bits per heavy atom. The van der Waals surface area contributed by atoms with Crippen LogP contribution in [-0.2, 0) is 11.2 Å². The molecule has 3 nitrogen and oxygen atoms in total. The molecule has 1 aliphatic rings. The SMILES string of the molecule is O=C1CCc2cc(-c3cncc(F)c3)c(Cl)cc2N1. The highest BCUT2D eigenvalue weighted by atomic mass is 35.5. The summed E-state index contributed by atoms with van der Waals surface area (Å²) < 4.78 is 13.2. The van der Waals surface area contributed by atoms with Gasteiger partial charge in [-0.3, -0.25) is 9.78 Å². The number of pyridine rings is 1. The van der Waals surface area contributed by atoms with E-state index >= 15 is 0 Å². The van der Waals surface area contributed by atoms with Crippen LogP contribution >= 0.6 is 11.6 Å². The Morgan fingerprint density at radius 3 is 2.84 bits per heavy atom. The Morgan fingerprint density at radius 1 is 1.21 bits per heavy atom. The van der Waals surface area contributed by atoms with E-state index in [1.807, 2.05) is 6.07 Å². The van der Waals surface area contributed by atoms with Crippen molar-refractivity contribution >= 4 is 23.2 Å². The highest BCUT2D eigenvalue weighted by Crippen LogP contribution is 2.35. The highest BCUT2D eigenvalue weighted by molar-refractivity contribution is 6.33. The van der Waals surface area contributed by atoms with Gasteiger partial charge < -0.3 is 5.32 Å². The van der Waals surface area contributed by atoms with Crippen molar-refractivity contribution in [3.05, 3.63) is 47.0 Å². The van der Waals surface area contributed by atoms with Gasteiger partial charge in [0.1, 0.15) is 5.82 Å². The molecular formula is C14H10ClFN2O. The Balaban J connectivity index is 2.11. The number of hydrogen-bond acceptors (Lipinski definition) is 2. The van der Waals surface area contributed by atoms with Crippen molar-refractivity contribution in [1.29, 1.82) is 0 Å². The van der Waals surface area contributed by atoms with Gasteiger partial charge in [0.25, 0.3) is 0 Å². The molecular weight excluding hydrogens is 267 g/mol. The van der Waals surface area contributed by atoms with Crippen molar-refractivity contribution in [3.8, 4) is 11.1 Å². The average molecular weight is 277 g/mol. The van der Waals surface area contributed by atoms with Crippen molar-refractivity contribution in [2.75, 3.05) is 5.32 Å². The zero-order valence-corrected chi connectivity index (χ0v) is 10.7. The second-order valence-electron chi connectivity index (χ2n) is 4.43. The molecule has 0 aliphatic carbocycles. The predicted octanol–water partition coefficient (Wildman–Crippen LogP) is 3.43. The van der Waals surface area contributed by atoms with E-state index in [2.05, 4.69) is 10.3 Å². The number of halogens is 2. The smallest absolute Gasteiger partial charge is 0.224 e. The van der Waals surface area contributed by atoms with Crippen LogP contribution in [0.1, 0.15) is 12.0 Å². The maximum absolute atomic E-state index is 13.2. The zero-order valence-electron chi connectivity index (χ0n) is 9.91. The monoisotopic (exact) mass is 276 g/mol. The summed E-state index contributed by atoms with van der Waals surface area (Å²) in [4.78, 5) is 15.1. The van der Waals surface area contributed by atoms with E-state index in [4.69, 9.17) is 11.6 Å². The molecule has 0 fully saturated rings. The van der Waals surface area contributed by atoms with E-state index in [-0.39, 0.29) is 5.91 Å². The minimum atomic E-state index is -0.403. The van der Waals surface area contributed by atoms with Gasteiger partial charge in [0.15, 0.2) is 0 Å². The third-order valence-corrected chi connectivity index (χ3v) is 3.42. The summed E-state index contributed by atoms with van der Waals surface area (Å²) in [7, 11) is 0. The summed E-state index contributed by atoms with van der Waals surface area (Å²) in [6.45, 7) is 0. The van der Waals surface area contributed by atoms with Crippen molar-refractivity contribution in [3.63, 3.8) is 0 Å². The minimum absolute atomic E-state index is 0.0104. The fraction of sp³-hybridized carbons (Fsp3) is 0.143. The molecule has 1 aromatic carbocycles. The lowest BCUT2D eigenvalue weighted by Gasteiger charge is -2.18. The van der Waals surface area contributed by atoms with Gasteiger partial charge in [-0.1, -0.05) is 11.6 Å². The first kappa shape index (κ1) is 12.1. The number of hydrogen-bond donors (Lipinski definition) is 1. The molecule has 0 radical (unpaired) electrons. The summed E-state index contributed by atoms with van der Waals surface area (Å²) >= 11 is 6.19. The zero-order chi connectivity index (χ0) is 13.4. The number of carbonyl (C=O) groups is 1. The molecule has 96 valence electrons. The van der Waals surface area contributed by atoms with Crippen LogP contribution in [0.5, 0.6) is 0 Å². The van der Waals surface area contributed by atoms with Gasteiger partial charge in [-0.05, 0) is 30.2 Å². The van der Waals surface area contributed by atoms with Crippen LogP contribution < -0.4 is 5.32 Å². The van der Waals surface area contributed by atoms with E-state index in [0.29, 0.717) is 23.4 Å². The number of anilines is 1. The number of aromatic nitrogens is 1. The first-order valence-electron chi connectivity index (χ1n) is 5.86. The molecule has 2 heterocycles. The molecule has 0 atom stereocenters. The molecule has 0 unspecified atom stereocenters. The number of nitrogens with one attached hydrogen (secondary N) is 1. The van der Waals surface area contributed by atoms with Gasteiger partial charge in [0, 0.05) is 29.4 Å². The molecule has 2 aromatic rings. The molecule has 1 aliphatic heterocycles. The Hall–Kier alpha value is -1.94. The number of fused-ring (bicyclic) bond motifs is 1. The molecule has 1 aromatic heterocycles.